The molecule has 0 fully saturated rings. The van der Waals surface area contributed by atoms with E-state index in [2.05, 4.69) is 6.07 Å². The number of benzene rings is 1. The molecule has 3 heteroatoms. The number of hydrogen-bond donors (Lipinski definition) is 1. The molecule has 1 rings (SSSR count). The highest BCUT2D eigenvalue weighted by molar-refractivity contribution is 7.98. The van der Waals surface area contributed by atoms with Gasteiger partial charge < -0.3 is 5.11 Å². The molecule has 14 heavy (non-hydrogen) atoms. The summed E-state index contributed by atoms with van der Waals surface area (Å²) in [6.07, 6.45) is 0.848. The van der Waals surface area contributed by atoms with Gasteiger partial charge in [-0.3, -0.25) is 0 Å². The number of thioether (sulfide) groups is 1. The van der Waals surface area contributed by atoms with Crippen molar-refractivity contribution >= 4 is 11.8 Å². The standard InChI is InChI=1S/C11H13NOS/c12-8-10-2-4-11(5-3-10)9-14-7-1-6-13/h2-5,13H,1,6-7,9H2. The molecule has 2 nitrogen and oxygen atoms in total. The minimum Gasteiger partial charge on any atom is -0.396 e. The van der Waals surface area contributed by atoms with Crippen LogP contribution in [0.4, 0.5) is 0 Å². The molecule has 74 valence electrons. The van der Waals surface area contributed by atoms with Gasteiger partial charge in [-0.15, -0.1) is 0 Å². The summed E-state index contributed by atoms with van der Waals surface area (Å²) < 4.78 is 0. The lowest BCUT2D eigenvalue weighted by Crippen LogP contribution is -1.87. The predicted molar refractivity (Wildman–Crippen MR) is 59.0 cm³/mol. The summed E-state index contributed by atoms with van der Waals surface area (Å²) in [7, 11) is 0. The molecule has 0 aliphatic heterocycles. The molecule has 1 N–H and O–H groups in total. The largest absolute Gasteiger partial charge is 0.396 e. The number of hydrogen-bond acceptors (Lipinski definition) is 3. The number of nitrogens with zero attached hydrogens (tertiary/aromatic N) is 1. The first-order chi connectivity index (χ1) is 6.86. The highest BCUT2D eigenvalue weighted by Gasteiger charge is 1.94. The van der Waals surface area contributed by atoms with Crippen LogP contribution in [0.15, 0.2) is 24.3 Å². The monoisotopic (exact) mass is 207 g/mol. The van der Waals surface area contributed by atoms with Crippen molar-refractivity contribution in [3.05, 3.63) is 35.4 Å². The summed E-state index contributed by atoms with van der Waals surface area (Å²) in [5, 5.41) is 17.2. The zero-order valence-corrected chi connectivity index (χ0v) is 8.76. The van der Waals surface area contributed by atoms with Gasteiger partial charge in [-0.2, -0.15) is 17.0 Å². The number of aliphatic hydroxyl groups is 1. The van der Waals surface area contributed by atoms with E-state index in [1.54, 1.807) is 11.8 Å². The highest BCUT2D eigenvalue weighted by Crippen LogP contribution is 2.13. The van der Waals surface area contributed by atoms with E-state index in [9.17, 15) is 0 Å². The Labute approximate surface area is 88.6 Å². The summed E-state index contributed by atoms with van der Waals surface area (Å²) in [5.74, 6) is 1.93. The molecular weight excluding hydrogens is 194 g/mol. The smallest absolute Gasteiger partial charge is 0.0991 e. The second kappa shape index (κ2) is 6.47. The Morgan fingerprint density at radius 1 is 1.29 bits per heavy atom. The number of nitriles is 1. The predicted octanol–water partition coefficient (Wildman–Crippen LogP) is 2.17. The molecule has 0 aliphatic rings. The van der Waals surface area contributed by atoms with Crippen LogP contribution in [-0.4, -0.2) is 17.5 Å². The van der Waals surface area contributed by atoms with Gasteiger partial charge in [0.2, 0.25) is 0 Å². The molecule has 0 aromatic heterocycles. The summed E-state index contributed by atoms with van der Waals surface area (Å²) in [5.41, 5.74) is 1.93. The lowest BCUT2D eigenvalue weighted by molar-refractivity contribution is 0.296. The van der Waals surface area contributed by atoms with E-state index < -0.39 is 0 Å². The van der Waals surface area contributed by atoms with Crippen LogP contribution in [0.25, 0.3) is 0 Å². The fourth-order valence-corrected chi connectivity index (χ4v) is 1.94. The molecule has 0 radical (unpaired) electrons. The van der Waals surface area contributed by atoms with E-state index in [4.69, 9.17) is 10.4 Å². The average molecular weight is 207 g/mol. The molecule has 0 aliphatic carbocycles. The zero-order chi connectivity index (χ0) is 10.2. The minimum atomic E-state index is 0.264. The summed E-state index contributed by atoms with van der Waals surface area (Å²) in [6, 6.07) is 9.71. The van der Waals surface area contributed by atoms with Gasteiger partial charge in [-0.25, -0.2) is 0 Å². The Balaban J connectivity index is 2.33. The first-order valence-electron chi connectivity index (χ1n) is 4.54. The molecule has 0 amide bonds. The SMILES string of the molecule is N#Cc1ccc(CSCCCO)cc1. The third-order valence-electron chi connectivity index (χ3n) is 1.80. The van der Waals surface area contributed by atoms with Crippen LogP contribution in [0.1, 0.15) is 17.5 Å². The van der Waals surface area contributed by atoms with Crippen molar-refractivity contribution in [3.63, 3.8) is 0 Å². The van der Waals surface area contributed by atoms with E-state index in [1.165, 1.54) is 5.56 Å². The molecule has 0 saturated heterocycles. The van der Waals surface area contributed by atoms with Gasteiger partial charge in [0.25, 0.3) is 0 Å². The maximum Gasteiger partial charge on any atom is 0.0991 e. The Morgan fingerprint density at radius 2 is 2.00 bits per heavy atom. The first kappa shape index (κ1) is 11.1. The van der Waals surface area contributed by atoms with Crippen LogP contribution < -0.4 is 0 Å². The molecule has 0 atom stereocenters. The second-order valence-corrected chi connectivity index (χ2v) is 4.04. The highest BCUT2D eigenvalue weighted by atomic mass is 32.2. The van der Waals surface area contributed by atoms with Gasteiger partial charge in [-0.05, 0) is 29.9 Å². The van der Waals surface area contributed by atoms with E-state index in [-0.39, 0.29) is 6.61 Å². The molecule has 1 aromatic carbocycles. The molecule has 0 saturated carbocycles. The van der Waals surface area contributed by atoms with Crippen molar-refractivity contribution in [1.29, 1.82) is 5.26 Å². The van der Waals surface area contributed by atoms with Gasteiger partial charge in [0, 0.05) is 12.4 Å². The normalized spacial score (nSPS) is 9.71. The Bertz CT molecular complexity index is 302. The van der Waals surface area contributed by atoms with Gasteiger partial charge in [0.1, 0.15) is 0 Å². The van der Waals surface area contributed by atoms with Gasteiger partial charge in [0.05, 0.1) is 11.6 Å². The fourth-order valence-electron chi connectivity index (χ4n) is 1.03. The van der Waals surface area contributed by atoms with E-state index in [0.717, 1.165) is 17.9 Å². The summed E-state index contributed by atoms with van der Waals surface area (Å²) in [6.45, 7) is 0.264. The first-order valence-corrected chi connectivity index (χ1v) is 5.70. The minimum absolute atomic E-state index is 0.264. The van der Waals surface area contributed by atoms with Crippen LogP contribution in [0.5, 0.6) is 0 Å². The lowest BCUT2D eigenvalue weighted by Gasteiger charge is -2.00. The lowest BCUT2D eigenvalue weighted by atomic mass is 10.2. The Morgan fingerprint density at radius 3 is 2.57 bits per heavy atom. The second-order valence-electron chi connectivity index (χ2n) is 2.94. The number of aliphatic hydroxyl groups excluding tert-OH is 1. The van der Waals surface area contributed by atoms with Crippen LogP contribution in [0.2, 0.25) is 0 Å². The van der Waals surface area contributed by atoms with Gasteiger partial charge in [0.15, 0.2) is 0 Å². The van der Waals surface area contributed by atoms with Crippen molar-refractivity contribution < 1.29 is 5.11 Å². The van der Waals surface area contributed by atoms with Crippen LogP contribution in [-0.2, 0) is 5.75 Å². The van der Waals surface area contributed by atoms with Crippen LogP contribution in [0.3, 0.4) is 0 Å². The summed E-state index contributed by atoms with van der Waals surface area (Å²) >= 11 is 1.80. The van der Waals surface area contributed by atoms with Crippen molar-refractivity contribution in [2.75, 3.05) is 12.4 Å². The maximum atomic E-state index is 8.59. The third kappa shape index (κ3) is 3.82. The molecular formula is C11H13NOS. The van der Waals surface area contributed by atoms with Crippen molar-refractivity contribution in [2.24, 2.45) is 0 Å². The van der Waals surface area contributed by atoms with Crippen LogP contribution in [0, 0.1) is 11.3 Å². The quantitative estimate of drug-likeness (QED) is 0.752. The van der Waals surface area contributed by atoms with Gasteiger partial charge in [-0.1, -0.05) is 12.1 Å². The van der Waals surface area contributed by atoms with Crippen LogP contribution >= 0.6 is 11.8 Å². The Kier molecular flexibility index (Phi) is 5.13. The number of rotatable bonds is 5. The zero-order valence-electron chi connectivity index (χ0n) is 7.94. The Hall–Kier alpha value is -0.980. The molecule has 0 spiro atoms. The third-order valence-corrected chi connectivity index (χ3v) is 2.91. The van der Waals surface area contributed by atoms with E-state index >= 15 is 0 Å². The maximum absolute atomic E-state index is 8.59. The van der Waals surface area contributed by atoms with E-state index in [0.29, 0.717) is 5.56 Å². The molecule has 0 heterocycles. The van der Waals surface area contributed by atoms with E-state index in [1.807, 2.05) is 24.3 Å². The van der Waals surface area contributed by atoms with Crippen molar-refractivity contribution in [2.45, 2.75) is 12.2 Å². The van der Waals surface area contributed by atoms with Crippen molar-refractivity contribution in [1.82, 2.24) is 0 Å². The molecule has 0 unspecified atom stereocenters. The average Bonchev–Trinajstić information content (AvgIpc) is 2.25. The summed E-state index contributed by atoms with van der Waals surface area (Å²) in [4.78, 5) is 0. The fraction of sp³-hybridized carbons (Fsp3) is 0.364. The van der Waals surface area contributed by atoms with Crippen molar-refractivity contribution in [3.8, 4) is 6.07 Å². The molecule has 0 bridgehead atoms. The molecule has 1 aromatic rings. The van der Waals surface area contributed by atoms with Gasteiger partial charge >= 0.3 is 0 Å². The topological polar surface area (TPSA) is 44.0 Å².